The number of aliphatic hydroxyl groups is 3. The third-order valence-corrected chi connectivity index (χ3v) is 6.38. The lowest BCUT2D eigenvalue weighted by molar-refractivity contribution is 0.0374. The van der Waals surface area contributed by atoms with Gasteiger partial charge >= 0.3 is 0 Å². The highest BCUT2D eigenvalue weighted by Crippen LogP contribution is 2.33. The van der Waals surface area contributed by atoms with Gasteiger partial charge in [-0.05, 0) is 54.6 Å². The van der Waals surface area contributed by atoms with Crippen LogP contribution in [0.1, 0.15) is 21.7 Å². The number of H-pyrrole nitrogens is 1. The fraction of sp³-hybridized carbons (Fsp3) is 0.160. The van der Waals surface area contributed by atoms with Crippen LogP contribution >= 0.6 is 11.8 Å². The van der Waals surface area contributed by atoms with Crippen LogP contribution in [0.5, 0.6) is 0 Å². The van der Waals surface area contributed by atoms with E-state index in [4.69, 9.17) is 0 Å². The molecular weight excluding hydrogens is 452 g/mol. The second-order valence-corrected chi connectivity index (χ2v) is 8.83. The van der Waals surface area contributed by atoms with Gasteiger partial charge in [-0.3, -0.25) is 14.9 Å². The second-order valence-electron chi connectivity index (χ2n) is 7.71. The molecule has 174 valence electrons. The van der Waals surface area contributed by atoms with E-state index in [2.05, 4.69) is 20.5 Å². The fourth-order valence-corrected chi connectivity index (χ4v) is 4.28. The van der Waals surface area contributed by atoms with Gasteiger partial charge in [-0.2, -0.15) is 5.10 Å². The van der Waals surface area contributed by atoms with Crippen LogP contribution in [0.2, 0.25) is 0 Å². The van der Waals surface area contributed by atoms with Crippen LogP contribution in [0.15, 0.2) is 76.7 Å². The molecular formula is C25H24N4O4S. The summed E-state index contributed by atoms with van der Waals surface area (Å²) in [6.45, 7) is -1.77. The van der Waals surface area contributed by atoms with E-state index in [1.807, 2.05) is 60.7 Å². The predicted octanol–water partition coefficient (Wildman–Crippen LogP) is 2.73. The van der Waals surface area contributed by atoms with E-state index in [1.54, 1.807) is 18.3 Å². The molecule has 0 radical (unpaired) electrons. The topological polar surface area (TPSA) is 131 Å². The SMILES string of the molecule is O=C(NC(CO)(CO)CO)c1ccccc1Sc1ccc2c(/C=C/c3ccccn3)n[nH]c2c1. The largest absolute Gasteiger partial charge is 0.394 e. The summed E-state index contributed by atoms with van der Waals surface area (Å²) in [5.74, 6) is -0.496. The molecule has 5 N–H and O–H groups in total. The zero-order valence-electron chi connectivity index (χ0n) is 18.2. The first-order valence-electron chi connectivity index (χ1n) is 10.6. The zero-order chi connectivity index (χ0) is 24.0. The van der Waals surface area contributed by atoms with Gasteiger partial charge in [-0.15, -0.1) is 0 Å². The molecule has 0 fully saturated rings. The van der Waals surface area contributed by atoms with Crippen LogP contribution in [0.25, 0.3) is 23.1 Å². The number of carbonyl (C=O) groups excluding carboxylic acids is 1. The summed E-state index contributed by atoms with van der Waals surface area (Å²) in [7, 11) is 0. The van der Waals surface area contributed by atoms with Crippen molar-refractivity contribution in [2.24, 2.45) is 0 Å². The summed E-state index contributed by atoms with van der Waals surface area (Å²) < 4.78 is 0. The Morgan fingerprint density at radius 2 is 1.76 bits per heavy atom. The van der Waals surface area contributed by atoms with Crippen LogP contribution in [-0.4, -0.2) is 61.8 Å². The summed E-state index contributed by atoms with van der Waals surface area (Å²) in [5.41, 5.74) is 1.37. The van der Waals surface area contributed by atoms with Gasteiger partial charge < -0.3 is 20.6 Å². The molecule has 8 nitrogen and oxygen atoms in total. The average Bonchev–Trinajstić information content (AvgIpc) is 3.29. The number of amides is 1. The predicted molar refractivity (Wildman–Crippen MR) is 131 cm³/mol. The van der Waals surface area contributed by atoms with Crippen molar-refractivity contribution in [1.29, 1.82) is 0 Å². The summed E-state index contributed by atoms with van der Waals surface area (Å²) in [4.78, 5) is 18.7. The lowest BCUT2D eigenvalue weighted by Crippen LogP contribution is -2.57. The number of aromatic amines is 1. The molecule has 0 aliphatic heterocycles. The van der Waals surface area contributed by atoms with E-state index < -0.39 is 31.3 Å². The number of hydrogen-bond acceptors (Lipinski definition) is 7. The normalized spacial score (nSPS) is 11.9. The third-order valence-electron chi connectivity index (χ3n) is 5.31. The lowest BCUT2D eigenvalue weighted by Gasteiger charge is -2.29. The van der Waals surface area contributed by atoms with Crippen LogP contribution in [0.4, 0.5) is 0 Å². The zero-order valence-corrected chi connectivity index (χ0v) is 19.0. The number of fused-ring (bicyclic) bond motifs is 1. The number of pyridine rings is 1. The minimum Gasteiger partial charge on any atom is -0.394 e. The van der Waals surface area contributed by atoms with E-state index >= 15 is 0 Å². The van der Waals surface area contributed by atoms with Crippen molar-refractivity contribution in [2.45, 2.75) is 15.3 Å². The number of aromatic nitrogens is 3. The fourth-order valence-electron chi connectivity index (χ4n) is 3.30. The molecule has 34 heavy (non-hydrogen) atoms. The highest BCUT2D eigenvalue weighted by atomic mass is 32.2. The number of carbonyl (C=O) groups is 1. The van der Waals surface area contributed by atoms with E-state index in [-0.39, 0.29) is 0 Å². The van der Waals surface area contributed by atoms with E-state index in [0.717, 1.165) is 27.2 Å². The summed E-state index contributed by atoms with van der Waals surface area (Å²) in [6.07, 6.45) is 5.54. The third kappa shape index (κ3) is 5.18. The van der Waals surface area contributed by atoms with Crippen molar-refractivity contribution in [1.82, 2.24) is 20.5 Å². The van der Waals surface area contributed by atoms with Crippen molar-refractivity contribution in [2.75, 3.05) is 19.8 Å². The Kier molecular flexibility index (Phi) is 7.39. The number of nitrogens with zero attached hydrogens (tertiary/aromatic N) is 2. The first-order chi connectivity index (χ1) is 16.6. The van der Waals surface area contributed by atoms with Gasteiger partial charge in [0.05, 0.1) is 42.3 Å². The molecule has 0 saturated heterocycles. The molecule has 4 aromatic rings. The Morgan fingerprint density at radius 3 is 2.50 bits per heavy atom. The van der Waals surface area contributed by atoms with Gasteiger partial charge in [0.1, 0.15) is 5.54 Å². The van der Waals surface area contributed by atoms with Gasteiger partial charge in [0.15, 0.2) is 0 Å². The maximum atomic E-state index is 12.9. The number of rotatable bonds is 9. The number of hydrogen-bond donors (Lipinski definition) is 5. The summed E-state index contributed by atoms with van der Waals surface area (Å²) in [5, 5.41) is 39.5. The Bertz CT molecular complexity index is 1290. The minimum absolute atomic E-state index is 0.371. The molecule has 2 aromatic heterocycles. The Labute approximate surface area is 200 Å². The van der Waals surface area contributed by atoms with Crippen molar-refractivity contribution < 1.29 is 20.1 Å². The number of nitrogens with one attached hydrogen (secondary N) is 2. The minimum atomic E-state index is -1.50. The summed E-state index contributed by atoms with van der Waals surface area (Å²) in [6, 6.07) is 18.6. The first kappa shape index (κ1) is 23.7. The average molecular weight is 477 g/mol. The van der Waals surface area contributed by atoms with Crippen LogP contribution in [0, 0.1) is 0 Å². The Morgan fingerprint density at radius 1 is 1.00 bits per heavy atom. The summed E-state index contributed by atoms with van der Waals surface area (Å²) >= 11 is 1.40. The molecule has 0 unspecified atom stereocenters. The molecule has 2 heterocycles. The molecule has 0 spiro atoms. The van der Waals surface area contributed by atoms with Crippen LogP contribution < -0.4 is 5.32 Å². The molecule has 2 aromatic carbocycles. The standard InChI is InChI=1S/C25H24N4O4S/c30-14-25(15-31,16-32)27-24(33)20-6-1-2-7-23(20)34-18-9-10-19-21(28-29-22(19)13-18)11-8-17-5-3-4-12-26-17/h1-13,30-32H,14-16H2,(H,27,33)(H,28,29)/b11-8+. The van der Waals surface area contributed by atoms with Gasteiger partial charge in [-0.1, -0.05) is 30.0 Å². The monoisotopic (exact) mass is 476 g/mol. The number of benzene rings is 2. The molecule has 4 rings (SSSR count). The quantitative estimate of drug-likeness (QED) is 0.251. The molecule has 1 amide bonds. The van der Waals surface area contributed by atoms with Gasteiger partial charge in [0.2, 0.25) is 0 Å². The maximum Gasteiger partial charge on any atom is 0.253 e. The molecule has 0 aliphatic carbocycles. The molecule has 0 aliphatic rings. The first-order valence-corrected chi connectivity index (χ1v) is 11.4. The van der Waals surface area contributed by atoms with Crippen molar-refractivity contribution >= 4 is 40.7 Å². The molecule has 9 heteroatoms. The highest BCUT2D eigenvalue weighted by molar-refractivity contribution is 7.99. The Hall–Kier alpha value is -3.50. The van der Waals surface area contributed by atoms with Gasteiger partial charge in [-0.25, -0.2) is 0 Å². The highest BCUT2D eigenvalue weighted by Gasteiger charge is 2.31. The second kappa shape index (κ2) is 10.6. The molecule has 0 atom stereocenters. The van der Waals surface area contributed by atoms with Crippen molar-refractivity contribution in [3.8, 4) is 0 Å². The maximum absolute atomic E-state index is 12.9. The van der Waals surface area contributed by atoms with Gasteiger partial charge in [0.25, 0.3) is 5.91 Å². The lowest BCUT2D eigenvalue weighted by atomic mass is 10.0. The van der Waals surface area contributed by atoms with E-state index in [9.17, 15) is 20.1 Å². The van der Waals surface area contributed by atoms with Crippen LogP contribution in [-0.2, 0) is 0 Å². The Balaban J connectivity index is 1.55. The van der Waals surface area contributed by atoms with Gasteiger partial charge in [0, 0.05) is 21.4 Å². The van der Waals surface area contributed by atoms with E-state index in [0.29, 0.717) is 10.5 Å². The van der Waals surface area contributed by atoms with Crippen molar-refractivity contribution in [3.63, 3.8) is 0 Å². The van der Waals surface area contributed by atoms with E-state index in [1.165, 1.54) is 11.8 Å². The molecule has 0 saturated carbocycles. The van der Waals surface area contributed by atoms with Crippen LogP contribution in [0.3, 0.4) is 0 Å². The van der Waals surface area contributed by atoms with Crippen molar-refractivity contribution in [3.05, 3.63) is 83.8 Å². The molecule has 0 bridgehead atoms. The number of aliphatic hydroxyl groups excluding tert-OH is 3. The smallest absolute Gasteiger partial charge is 0.253 e.